The zero-order chi connectivity index (χ0) is 19.4. The molecule has 1 aromatic carbocycles. The van der Waals surface area contributed by atoms with Crippen LogP contribution in [-0.2, 0) is 11.3 Å². The van der Waals surface area contributed by atoms with Crippen LogP contribution in [0.15, 0.2) is 28.8 Å². The van der Waals surface area contributed by atoms with Gasteiger partial charge in [0.15, 0.2) is 0 Å². The number of hydrogen-bond donors (Lipinski definition) is 1. The van der Waals surface area contributed by atoms with Gasteiger partial charge in [-0.2, -0.15) is 0 Å². The van der Waals surface area contributed by atoms with Crippen molar-refractivity contribution in [3.05, 3.63) is 51.3 Å². The normalized spacial score (nSPS) is 17.0. The van der Waals surface area contributed by atoms with Gasteiger partial charge in [0.1, 0.15) is 5.76 Å². The first-order valence-electron chi connectivity index (χ1n) is 9.02. The smallest absolute Gasteiger partial charge is 0.234 e. The molecule has 0 radical (unpaired) electrons. The van der Waals surface area contributed by atoms with Gasteiger partial charge in [0.25, 0.3) is 0 Å². The van der Waals surface area contributed by atoms with E-state index in [9.17, 15) is 4.79 Å². The Labute approximate surface area is 169 Å². The van der Waals surface area contributed by atoms with Gasteiger partial charge in [-0.15, -0.1) is 0 Å². The fraction of sp³-hybridized carbons (Fsp3) is 0.474. The molecule has 1 atom stereocenters. The predicted octanol–water partition coefficient (Wildman–Crippen LogP) is 3.28. The summed E-state index contributed by atoms with van der Waals surface area (Å²) in [5.74, 6) is 0.823. The average molecular weight is 411 g/mol. The van der Waals surface area contributed by atoms with Gasteiger partial charge in [0.2, 0.25) is 5.91 Å². The van der Waals surface area contributed by atoms with Crippen molar-refractivity contribution in [1.29, 1.82) is 0 Å². The van der Waals surface area contributed by atoms with Gasteiger partial charge in [0, 0.05) is 48.8 Å². The summed E-state index contributed by atoms with van der Waals surface area (Å²) in [5.41, 5.74) is 1.81. The van der Waals surface area contributed by atoms with Crippen LogP contribution in [0.5, 0.6) is 0 Å². The third kappa shape index (κ3) is 5.69. The first-order valence-corrected chi connectivity index (χ1v) is 9.77. The van der Waals surface area contributed by atoms with Crippen molar-refractivity contribution in [2.75, 3.05) is 32.7 Å². The van der Waals surface area contributed by atoms with Crippen molar-refractivity contribution in [1.82, 2.24) is 20.3 Å². The summed E-state index contributed by atoms with van der Waals surface area (Å²) in [7, 11) is 0. The van der Waals surface area contributed by atoms with Crippen molar-refractivity contribution in [2.24, 2.45) is 0 Å². The molecule has 0 spiro atoms. The number of amides is 1. The van der Waals surface area contributed by atoms with Crippen LogP contribution in [0.2, 0.25) is 10.0 Å². The van der Waals surface area contributed by atoms with Crippen LogP contribution in [0.25, 0.3) is 0 Å². The summed E-state index contributed by atoms with van der Waals surface area (Å²) in [6.07, 6.45) is 0. The molecule has 1 amide bonds. The number of nitrogens with one attached hydrogen (secondary N) is 1. The molecule has 1 saturated heterocycles. The fourth-order valence-corrected chi connectivity index (χ4v) is 3.82. The van der Waals surface area contributed by atoms with Crippen LogP contribution in [-0.4, -0.2) is 53.6 Å². The number of carbonyl (C=O) groups is 1. The summed E-state index contributed by atoms with van der Waals surface area (Å²) in [5, 5.41) is 8.20. The number of piperazine rings is 1. The standard InChI is InChI=1S/C19H24Cl2N4O2/c1-13-9-16(23-27-13)11-24-5-7-25(8-6-24)12-19(26)22-14(2)17-4-3-15(20)10-18(17)21/h3-4,9-10,14H,5-8,11-12H2,1-2H3,(H,22,26)/t14-/m1/s1. The Kier molecular flexibility index (Phi) is 6.76. The quantitative estimate of drug-likeness (QED) is 0.791. The van der Waals surface area contributed by atoms with E-state index in [0.717, 1.165) is 49.7 Å². The van der Waals surface area contributed by atoms with Crippen molar-refractivity contribution < 1.29 is 9.32 Å². The van der Waals surface area contributed by atoms with E-state index < -0.39 is 0 Å². The molecule has 1 N–H and O–H groups in total. The van der Waals surface area contributed by atoms with Crippen LogP contribution in [0.3, 0.4) is 0 Å². The summed E-state index contributed by atoms with van der Waals surface area (Å²) in [6.45, 7) is 8.47. The Morgan fingerprint density at radius 1 is 1.22 bits per heavy atom. The van der Waals surface area contributed by atoms with Gasteiger partial charge in [-0.25, -0.2) is 0 Å². The lowest BCUT2D eigenvalue weighted by molar-refractivity contribution is -0.123. The van der Waals surface area contributed by atoms with Crippen LogP contribution < -0.4 is 5.32 Å². The SMILES string of the molecule is Cc1cc(CN2CCN(CC(=O)N[C@H](C)c3ccc(Cl)cc3Cl)CC2)no1. The van der Waals surface area contributed by atoms with Gasteiger partial charge >= 0.3 is 0 Å². The molecule has 0 unspecified atom stereocenters. The molecule has 146 valence electrons. The Bertz CT molecular complexity index is 788. The Morgan fingerprint density at radius 3 is 2.56 bits per heavy atom. The third-order valence-electron chi connectivity index (χ3n) is 4.70. The topological polar surface area (TPSA) is 61.6 Å². The van der Waals surface area contributed by atoms with Crippen molar-refractivity contribution in [3.8, 4) is 0 Å². The van der Waals surface area contributed by atoms with Crippen molar-refractivity contribution in [2.45, 2.75) is 26.4 Å². The van der Waals surface area contributed by atoms with Crippen molar-refractivity contribution in [3.63, 3.8) is 0 Å². The van der Waals surface area contributed by atoms with Gasteiger partial charge in [-0.1, -0.05) is 34.4 Å². The van der Waals surface area contributed by atoms with E-state index in [2.05, 4.69) is 20.3 Å². The minimum absolute atomic E-state index is 0.00547. The number of halogens is 2. The molecule has 2 heterocycles. The zero-order valence-corrected chi connectivity index (χ0v) is 17.1. The Hall–Kier alpha value is -1.60. The van der Waals surface area contributed by atoms with Gasteiger partial charge in [-0.05, 0) is 31.5 Å². The first-order chi connectivity index (χ1) is 12.9. The van der Waals surface area contributed by atoms with Crippen molar-refractivity contribution >= 4 is 29.1 Å². The van der Waals surface area contributed by atoms with E-state index in [1.165, 1.54) is 0 Å². The minimum atomic E-state index is -0.168. The second-order valence-corrected chi connectivity index (χ2v) is 7.78. The first kappa shape index (κ1) is 20.1. The summed E-state index contributed by atoms with van der Waals surface area (Å²) in [4.78, 5) is 16.9. The lowest BCUT2D eigenvalue weighted by Crippen LogP contribution is -2.49. The number of carbonyl (C=O) groups excluding carboxylic acids is 1. The maximum atomic E-state index is 12.4. The highest BCUT2D eigenvalue weighted by molar-refractivity contribution is 6.35. The third-order valence-corrected chi connectivity index (χ3v) is 5.26. The fourth-order valence-electron chi connectivity index (χ4n) is 3.25. The number of aryl methyl sites for hydroxylation is 1. The number of rotatable bonds is 6. The second-order valence-electron chi connectivity index (χ2n) is 6.94. The highest BCUT2D eigenvalue weighted by Crippen LogP contribution is 2.26. The summed E-state index contributed by atoms with van der Waals surface area (Å²) in [6, 6.07) is 7.11. The highest BCUT2D eigenvalue weighted by atomic mass is 35.5. The van der Waals surface area contributed by atoms with Crippen LogP contribution >= 0.6 is 23.2 Å². The highest BCUT2D eigenvalue weighted by Gasteiger charge is 2.21. The molecule has 1 aromatic heterocycles. The average Bonchev–Trinajstić information content (AvgIpc) is 3.01. The molecular weight excluding hydrogens is 387 g/mol. The Morgan fingerprint density at radius 2 is 1.93 bits per heavy atom. The zero-order valence-electron chi connectivity index (χ0n) is 15.5. The largest absolute Gasteiger partial charge is 0.361 e. The molecule has 1 fully saturated rings. The maximum Gasteiger partial charge on any atom is 0.234 e. The van der Waals surface area contributed by atoms with E-state index in [-0.39, 0.29) is 11.9 Å². The molecule has 3 rings (SSSR count). The van der Waals surface area contributed by atoms with Gasteiger partial charge in [-0.3, -0.25) is 14.6 Å². The molecular formula is C19H24Cl2N4O2. The van der Waals surface area contributed by atoms with Crippen LogP contribution in [0, 0.1) is 6.92 Å². The lowest BCUT2D eigenvalue weighted by atomic mass is 10.1. The van der Waals surface area contributed by atoms with E-state index in [1.54, 1.807) is 12.1 Å². The molecule has 0 saturated carbocycles. The molecule has 1 aliphatic rings. The molecule has 1 aliphatic heterocycles. The van der Waals surface area contributed by atoms with Crippen LogP contribution in [0.1, 0.15) is 30.0 Å². The Balaban J connectivity index is 1.43. The van der Waals surface area contributed by atoms with Crippen LogP contribution in [0.4, 0.5) is 0 Å². The predicted molar refractivity (Wildman–Crippen MR) is 106 cm³/mol. The van der Waals surface area contributed by atoms with E-state index >= 15 is 0 Å². The molecule has 6 nitrogen and oxygen atoms in total. The van der Waals surface area contributed by atoms with Gasteiger partial charge in [0.05, 0.1) is 18.3 Å². The number of benzene rings is 1. The number of hydrogen-bond acceptors (Lipinski definition) is 5. The van der Waals surface area contributed by atoms with E-state index in [0.29, 0.717) is 16.6 Å². The number of nitrogens with zero attached hydrogens (tertiary/aromatic N) is 3. The summed E-state index contributed by atoms with van der Waals surface area (Å²) >= 11 is 12.1. The summed E-state index contributed by atoms with van der Waals surface area (Å²) < 4.78 is 5.11. The number of aromatic nitrogens is 1. The molecule has 0 bridgehead atoms. The lowest BCUT2D eigenvalue weighted by Gasteiger charge is -2.34. The molecule has 0 aliphatic carbocycles. The second kappa shape index (κ2) is 9.06. The molecule has 27 heavy (non-hydrogen) atoms. The minimum Gasteiger partial charge on any atom is -0.361 e. The van der Waals surface area contributed by atoms with Gasteiger partial charge < -0.3 is 9.84 Å². The molecule has 8 heteroatoms. The van der Waals surface area contributed by atoms with E-state index in [4.69, 9.17) is 27.7 Å². The maximum absolute atomic E-state index is 12.4. The molecule has 2 aromatic rings. The van der Waals surface area contributed by atoms with E-state index in [1.807, 2.05) is 26.0 Å². The monoisotopic (exact) mass is 410 g/mol.